The maximum absolute atomic E-state index is 12.7. The first-order valence-electron chi connectivity index (χ1n) is 6.88. The van der Waals surface area contributed by atoms with Crippen LogP contribution in [0.1, 0.15) is 41.5 Å². The molecule has 0 aromatic heterocycles. The third-order valence-electron chi connectivity index (χ3n) is 2.22. The van der Waals surface area contributed by atoms with Gasteiger partial charge in [-0.3, -0.25) is 9.36 Å². The number of carbonyl (C=O) groups excluding carboxylic acids is 2. The van der Waals surface area contributed by atoms with E-state index in [2.05, 4.69) is 0 Å². The van der Waals surface area contributed by atoms with Crippen molar-refractivity contribution in [1.29, 1.82) is 0 Å². The SMILES string of the molecule is CCOC(=O)C(OC(=O)C(C)(C)C)P(=O)(OCC)OCC. The summed E-state index contributed by atoms with van der Waals surface area (Å²) >= 11 is 0. The van der Waals surface area contributed by atoms with E-state index in [1.807, 2.05) is 0 Å². The van der Waals surface area contributed by atoms with Crippen LogP contribution in [-0.4, -0.2) is 37.6 Å². The molecule has 7 nitrogen and oxygen atoms in total. The Morgan fingerprint density at radius 1 is 1.00 bits per heavy atom. The highest BCUT2D eigenvalue weighted by atomic mass is 31.2. The molecule has 0 heterocycles. The Bertz CT molecular complexity index is 390. The summed E-state index contributed by atoms with van der Waals surface area (Å²) < 4.78 is 32.7. The van der Waals surface area contributed by atoms with Gasteiger partial charge in [0.2, 0.25) is 0 Å². The molecule has 124 valence electrons. The zero-order chi connectivity index (χ0) is 16.7. The van der Waals surface area contributed by atoms with Gasteiger partial charge in [-0.15, -0.1) is 0 Å². The van der Waals surface area contributed by atoms with Crippen LogP contribution in [0.2, 0.25) is 0 Å². The second kappa shape index (κ2) is 8.51. The van der Waals surface area contributed by atoms with Crippen LogP contribution in [0, 0.1) is 5.41 Å². The van der Waals surface area contributed by atoms with Crippen LogP contribution in [0.15, 0.2) is 0 Å². The Morgan fingerprint density at radius 3 is 1.81 bits per heavy atom. The lowest BCUT2D eigenvalue weighted by molar-refractivity contribution is -0.168. The third kappa shape index (κ3) is 6.16. The van der Waals surface area contributed by atoms with Crippen LogP contribution < -0.4 is 0 Å². The molecule has 0 saturated heterocycles. The van der Waals surface area contributed by atoms with E-state index in [1.54, 1.807) is 41.5 Å². The average Bonchev–Trinajstić information content (AvgIpc) is 2.35. The summed E-state index contributed by atoms with van der Waals surface area (Å²) in [6.45, 7) is 9.77. The Morgan fingerprint density at radius 2 is 1.48 bits per heavy atom. The molecule has 21 heavy (non-hydrogen) atoms. The molecule has 0 aliphatic rings. The molecule has 0 radical (unpaired) electrons. The summed E-state index contributed by atoms with van der Waals surface area (Å²) in [6.07, 6.45) is 0. The number of esters is 2. The molecular formula is C13H25O7P. The van der Waals surface area contributed by atoms with E-state index < -0.39 is 30.8 Å². The predicted octanol–water partition coefficient (Wildman–Crippen LogP) is 2.73. The maximum Gasteiger partial charge on any atom is 0.382 e. The maximum atomic E-state index is 12.7. The number of hydrogen-bond acceptors (Lipinski definition) is 7. The lowest BCUT2D eigenvalue weighted by Crippen LogP contribution is -2.35. The summed E-state index contributed by atoms with van der Waals surface area (Å²) in [5.41, 5.74) is -0.867. The van der Waals surface area contributed by atoms with Crippen LogP contribution >= 0.6 is 7.60 Å². The molecule has 1 atom stereocenters. The largest absolute Gasteiger partial charge is 0.463 e. The normalized spacial score (nSPS) is 13.6. The van der Waals surface area contributed by atoms with E-state index in [-0.39, 0.29) is 19.8 Å². The average molecular weight is 324 g/mol. The second-order valence-corrected chi connectivity index (χ2v) is 7.20. The monoisotopic (exact) mass is 324 g/mol. The zero-order valence-electron chi connectivity index (χ0n) is 13.5. The summed E-state index contributed by atoms with van der Waals surface area (Å²) in [5.74, 6) is -3.36. The molecule has 0 spiro atoms. The van der Waals surface area contributed by atoms with Crippen LogP contribution in [0.3, 0.4) is 0 Å². The van der Waals surface area contributed by atoms with Gasteiger partial charge in [0.1, 0.15) is 0 Å². The molecule has 1 unspecified atom stereocenters. The van der Waals surface area contributed by atoms with Crippen molar-refractivity contribution in [2.75, 3.05) is 19.8 Å². The Labute approximate surface area is 125 Å². The molecule has 0 saturated carbocycles. The van der Waals surface area contributed by atoms with Gasteiger partial charge in [-0.05, 0) is 41.5 Å². The summed E-state index contributed by atoms with van der Waals surface area (Å²) in [6, 6.07) is 0. The first-order chi connectivity index (χ1) is 9.62. The molecule has 0 amide bonds. The van der Waals surface area contributed by atoms with Gasteiger partial charge in [-0.2, -0.15) is 0 Å². The van der Waals surface area contributed by atoms with Crippen molar-refractivity contribution in [3.8, 4) is 0 Å². The molecule has 0 fully saturated rings. The highest BCUT2D eigenvalue weighted by Gasteiger charge is 2.47. The molecule has 0 rings (SSSR count). The van der Waals surface area contributed by atoms with Crippen molar-refractivity contribution in [2.45, 2.75) is 47.4 Å². The van der Waals surface area contributed by atoms with E-state index in [9.17, 15) is 14.2 Å². The van der Waals surface area contributed by atoms with Crippen LogP contribution in [0.5, 0.6) is 0 Å². The number of hydrogen-bond donors (Lipinski definition) is 0. The van der Waals surface area contributed by atoms with E-state index in [0.29, 0.717) is 0 Å². The van der Waals surface area contributed by atoms with Gasteiger partial charge in [0.25, 0.3) is 5.85 Å². The first-order valence-corrected chi connectivity index (χ1v) is 8.50. The quantitative estimate of drug-likeness (QED) is 0.501. The van der Waals surface area contributed by atoms with Crippen LogP contribution in [-0.2, 0) is 32.7 Å². The molecule has 0 aliphatic carbocycles. The predicted molar refractivity (Wildman–Crippen MR) is 76.8 cm³/mol. The fraction of sp³-hybridized carbons (Fsp3) is 0.846. The summed E-state index contributed by atoms with van der Waals surface area (Å²) in [5, 5.41) is 0. The molecular weight excluding hydrogens is 299 g/mol. The van der Waals surface area contributed by atoms with Gasteiger partial charge in [-0.1, -0.05) is 0 Å². The van der Waals surface area contributed by atoms with Gasteiger partial charge >= 0.3 is 19.5 Å². The van der Waals surface area contributed by atoms with Gasteiger partial charge in [-0.25, -0.2) is 4.79 Å². The van der Waals surface area contributed by atoms with Gasteiger partial charge in [0.05, 0.1) is 25.2 Å². The molecule has 0 bridgehead atoms. The van der Waals surface area contributed by atoms with Gasteiger partial charge in [0.15, 0.2) is 0 Å². The van der Waals surface area contributed by atoms with Crippen molar-refractivity contribution < 1.29 is 32.7 Å². The molecule has 0 aromatic carbocycles. The van der Waals surface area contributed by atoms with Crippen molar-refractivity contribution in [1.82, 2.24) is 0 Å². The van der Waals surface area contributed by atoms with E-state index >= 15 is 0 Å². The van der Waals surface area contributed by atoms with Crippen molar-refractivity contribution in [3.63, 3.8) is 0 Å². The summed E-state index contributed by atoms with van der Waals surface area (Å²) in [7, 11) is -3.96. The summed E-state index contributed by atoms with van der Waals surface area (Å²) in [4.78, 5) is 23.9. The van der Waals surface area contributed by atoms with Crippen molar-refractivity contribution >= 4 is 19.5 Å². The van der Waals surface area contributed by atoms with E-state index in [0.717, 1.165) is 0 Å². The minimum absolute atomic E-state index is 0.0419. The highest BCUT2D eigenvalue weighted by Crippen LogP contribution is 2.54. The lowest BCUT2D eigenvalue weighted by Gasteiger charge is -2.27. The topological polar surface area (TPSA) is 88.1 Å². The molecule has 0 aromatic rings. The Kier molecular flexibility index (Phi) is 8.14. The smallest absolute Gasteiger partial charge is 0.382 e. The van der Waals surface area contributed by atoms with Crippen molar-refractivity contribution in [3.05, 3.63) is 0 Å². The fourth-order valence-electron chi connectivity index (χ4n) is 1.27. The Balaban J connectivity index is 5.43. The lowest BCUT2D eigenvalue weighted by atomic mass is 9.97. The molecule has 0 aliphatic heterocycles. The standard InChI is InChI=1S/C13H25O7P/c1-7-17-10(14)11(20-12(15)13(4,5)6)21(16,18-8-2)19-9-3/h11H,7-9H2,1-6H3. The van der Waals surface area contributed by atoms with Gasteiger partial charge in [0, 0.05) is 0 Å². The molecule has 0 N–H and O–H groups in total. The van der Waals surface area contributed by atoms with E-state index in [1.165, 1.54) is 0 Å². The molecule has 8 heteroatoms. The van der Waals surface area contributed by atoms with Crippen LogP contribution in [0.25, 0.3) is 0 Å². The zero-order valence-corrected chi connectivity index (χ0v) is 14.4. The third-order valence-corrected chi connectivity index (χ3v) is 4.35. The Hall–Kier alpha value is -0.910. The first kappa shape index (κ1) is 20.1. The van der Waals surface area contributed by atoms with Crippen LogP contribution in [0.4, 0.5) is 0 Å². The van der Waals surface area contributed by atoms with E-state index in [4.69, 9.17) is 18.5 Å². The minimum atomic E-state index is -3.96. The second-order valence-electron chi connectivity index (χ2n) is 5.14. The fourth-order valence-corrected chi connectivity index (χ4v) is 2.89. The van der Waals surface area contributed by atoms with Gasteiger partial charge < -0.3 is 18.5 Å². The number of carbonyl (C=O) groups is 2. The van der Waals surface area contributed by atoms with Crippen molar-refractivity contribution in [2.24, 2.45) is 5.41 Å². The number of rotatable bonds is 8. The highest BCUT2D eigenvalue weighted by molar-refractivity contribution is 7.55. The minimum Gasteiger partial charge on any atom is -0.463 e. The number of ether oxygens (including phenoxy) is 2.